The Balaban J connectivity index is 1.70. The molecule has 0 amide bonds. The van der Waals surface area contributed by atoms with Crippen LogP contribution in [0.2, 0.25) is 0 Å². The maximum absolute atomic E-state index is 5.53. The SMILES string of the molecule is Cc1ccc(CCCSCc2nc(N)nc(N)n2)cc1. The Bertz CT molecular complexity index is 536. The number of nitrogens with two attached hydrogens (primary N) is 2. The van der Waals surface area contributed by atoms with E-state index in [9.17, 15) is 0 Å². The van der Waals surface area contributed by atoms with Crippen LogP contribution in [0.15, 0.2) is 24.3 Å². The lowest BCUT2D eigenvalue weighted by atomic mass is 10.1. The first-order valence-electron chi connectivity index (χ1n) is 6.52. The molecule has 106 valence electrons. The molecule has 2 aromatic rings. The van der Waals surface area contributed by atoms with Crippen molar-refractivity contribution >= 4 is 23.7 Å². The van der Waals surface area contributed by atoms with E-state index in [4.69, 9.17) is 11.5 Å². The quantitative estimate of drug-likeness (QED) is 0.792. The van der Waals surface area contributed by atoms with Crippen LogP contribution in [0.4, 0.5) is 11.9 Å². The van der Waals surface area contributed by atoms with Crippen LogP contribution in [-0.4, -0.2) is 20.7 Å². The van der Waals surface area contributed by atoms with Crippen molar-refractivity contribution in [1.29, 1.82) is 0 Å². The van der Waals surface area contributed by atoms with E-state index in [1.54, 1.807) is 11.8 Å². The summed E-state index contributed by atoms with van der Waals surface area (Å²) >= 11 is 1.78. The number of thioether (sulfide) groups is 1. The van der Waals surface area contributed by atoms with Gasteiger partial charge in [0.1, 0.15) is 5.82 Å². The minimum absolute atomic E-state index is 0.188. The average Bonchev–Trinajstić information content (AvgIpc) is 2.39. The lowest BCUT2D eigenvalue weighted by Gasteiger charge is -2.03. The molecule has 0 unspecified atom stereocenters. The molecule has 1 heterocycles. The van der Waals surface area contributed by atoms with Gasteiger partial charge < -0.3 is 11.5 Å². The van der Waals surface area contributed by atoms with Crippen molar-refractivity contribution in [3.05, 3.63) is 41.2 Å². The Labute approximate surface area is 123 Å². The van der Waals surface area contributed by atoms with Gasteiger partial charge in [0.25, 0.3) is 0 Å². The Morgan fingerprint density at radius 3 is 2.30 bits per heavy atom. The van der Waals surface area contributed by atoms with E-state index < -0.39 is 0 Å². The lowest BCUT2D eigenvalue weighted by molar-refractivity contribution is 0.928. The van der Waals surface area contributed by atoms with Gasteiger partial charge in [-0.2, -0.15) is 26.7 Å². The Kier molecular flexibility index (Phi) is 5.17. The van der Waals surface area contributed by atoms with E-state index in [2.05, 4.69) is 46.1 Å². The molecule has 2 rings (SSSR count). The molecular weight excluding hydrogens is 270 g/mol. The number of nitrogen functional groups attached to an aromatic ring is 2. The predicted molar refractivity (Wildman–Crippen MR) is 84.3 cm³/mol. The summed E-state index contributed by atoms with van der Waals surface area (Å²) in [6.45, 7) is 2.10. The molecule has 20 heavy (non-hydrogen) atoms. The first kappa shape index (κ1) is 14.6. The molecule has 0 saturated carbocycles. The maximum Gasteiger partial charge on any atom is 0.225 e. The van der Waals surface area contributed by atoms with Crippen molar-refractivity contribution in [2.24, 2.45) is 0 Å². The second-order valence-corrected chi connectivity index (χ2v) is 5.71. The molecule has 4 N–H and O–H groups in total. The van der Waals surface area contributed by atoms with Gasteiger partial charge in [0, 0.05) is 0 Å². The fraction of sp³-hybridized carbons (Fsp3) is 0.357. The molecule has 0 fully saturated rings. The van der Waals surface area contributed by atoms with Gasteiger partial charge in [-0.15, -0.1) is 0 Å². The highest BCUT2D eigenvalue weighted by molar-refractivity contribution is 7.98. The molecule has 1 aromatic heterocycles. The summed E-state index contributed by atoms with van der Waals surface area (Å²) in [7, 11) is 0. The van der Waals surface area contributed by atoms with Crippen molar-refractivity contribution < 1.29 is 0 Å². The molecule has 6 heteroatoms. The molecular formula is C14H19N5S. The van der Waals surface area contributed by atoms with Gasteiger partial charge in [-0.1, -0.05) is 29.8 Å². The average molecular weight is 289 g/mol. The van der Waals surface area contributed by atoms with Crippen LogP contribution >= 0.6 is 11.8 Å². The van der Waals surface area contributed by atoms with Crippen LogP contribution in [0.1, 0.15) is 23.4 Å². The third-order valence-corrected chi connectivity index (χ3v) is 3.86. The standard InChI is InChI=1S/C14H19N5S/c1-10-4-6-11(7-5-10)3-2-8-20-9-12-17-13(15)19-14(16)18-12/h4-7H,2-3,8-9H2,1H3,(H4,15,16,17,18,19). The summed E-state index contributed by atoms with van der Waals surface area (Å²) < 4.78 is 0. The fourth-order valence-corrected chi connectivity index (χ4v) is 2.62. The van der Waals surface area contributed by atoms with Crippen LogP contribution in [-0.2, 0) is 12.2 Å². The number of benzene rings is 1. The highest BCUT2D eigenvalue weighted by atomic mass is 32.2. The molecule has 0 aliphatic heterocycles. The molecule has 0 aliphatic carbocycles. The summed E-state index contributed by atoms with van der Waals surface area (Å²) in [5, 5.41) is 0. The first-order valence-corrected chi connectivity index (χ1v) is 7.68. The zero-order chi connectivity index (χ0) is 14.4. The minimum Gasteiger partial charge on any atom is -0.368 e. The van der Waals surface area contributed by atoms with Crippen LogP contribution in [0.5, 0.6) is 0 Å². The Morgan fingerprint density at radius 1 is 1.00 bits per heavy atom. The van der Waals surface area contributed by atoms with E-state index in [1.807, 2.05) is 0 Å². The summed E-state index contributed by atoms with van der Waals surface area (Å²) in [5.74, 6) is 2.79. The van der Waals surface area contributed by atoms with Gasteiger partial charge in [0.2, 0.25) is 11.9 Å². The van der Waals surface area contributed by atoms with Gasteiger partial charge in [-0.25, -0.2) is 0 Å². The summed E-state index contributed by atoms with van der Waals surface area (Å²) in [6.07, 6.45) is 2.22. The van der Waals surface area contributed by atoms with E-state index in [0.29, 0.717) is 11.6 Å². The third kappa shape index (κ3) is 4.70. The molecule has 1 aromatic carbocycles. The van der Waals surface area contributed by atoms with Crippen LogP contribution in [0.25, 0.3) is 0 Å². The number of rotatable bonds is 6. The zero-order valence-electron chi connectivity index (χ0n) is 11.5. The maximum atomic E-state index is 5.53. The highest BCUT2D eigenvalue weighted by Gasteiger charge is 2.02. The normalized spacial score (nSPS) is 10.7. The van der Waals surface area contributed by atoms with Gasteiger partial charge in [0.15, 0.2) is 0 Å². The molecule has 0 atom stereocenters. The molecule has 0 spiro atoms. The molecule has 5 nitrogen and oxygen atoms in total. The number of aromatic nitrogens is 3. The summed E-state index contributed by atoms with van der Waals surface area (Å²) in [4.78, 5) is 11.9. The first-order chi connectivity index (χ1) is 9.63. The van der Waals surface area contributed by atoms with E-state index in [-0.39, 0.29) is 11.9 Å². The van der Waals surface area contributed by atoms with E-state index in [0.717, 1.165) is 18.6 Å². The van der Waals surface area contributed by atoms with Gasteiger partial charge in [-0.3, -0.25) is 0 Å². The Hall–Kier alpha value is -1.82. The van der Waals surface area contributed by atoms with E-state index in [1.165, 1.54) is 11.1 Å². The number of hydrogen-bond donors (Lipinski definition) is 2. The van der Waals surface area contributed by atoms with Crippen LogP contribution < -0.4 is 11.5 Å². The minimum atomic E-state index is 0.188. The number of anilines is 2. The van der Waals surface area contributed by atoms with Crippen LogP contribution in [0, 0.1) is 6.92 Å². The fourth-order valence-electron chi connectivity index (χ4n) is 1.82. The van der Waals surface area contributed by atoms with Crippen molar-refractivity contribution in [3.63, 3.8) is 0 Å². The van der Waals surface area contributed by atoms with E-state index >= 15 is 0 Å². The lowest BCUT2D eigenvalue weighted by Crippen LogP contribution is -2.06. The second-order valence-electron chi connectivity index (χ2n) is 4.61. The van der Waals surface area contributed by atoms with Gasteiger partial charge in [-0.05, 0) is 31.1 Å². The van der Waals surface area contributed by atoms with Crippen molar-refractivity contribution in [1.82, 2.24) is 15.0 Å². The van der Waals surface area contributed by atoms with Gasteiger partial charge in [0.05, 0.1) is 5.75 Å². The molecule has 0 aliphatic rings. The zero-order valence-corrected chi connectivity index (χ0v) is 12.4. The third-order valence-electron chi connectivity index (χ3n) is 2.82. The van der Waals surface area contributed by atoms with Crippen molar-refractivity contribution in [3.8, 4) is 0 Å². The predicted octanol–water partition coefficient (Wildman–Crippen LogP) is 2.21. The topological polar surface area (TPSA) is 90.7 Å². The molecule has 0 saturated heterocycles. The number of hydrogen-bond acceptors (Lipinski definition) is 6. The van der Waals surface area contributed by atoms with Crippen LogP contribution in [0.3, 0.4) is 0 Å². The smallest absolute Gasteiger partial charge is 0.225 e. The second kappa shape index (κ2) is 7.09. The van der Waals surface area contributed by atoms with Crippen molar-refractivity contribution in [2.75, 3.05) is 17.2 Å². The summed E-state index contributed by atoms with van der Waals surface area (Å²) in [6, 6.07) is 8.68. The summed E-state index contributed by atoms with van der Waals surface area (Å²) in [5.41, 5.74) is 13.7. The number of aryl methyl sites for hydroxylation is 2. The number of nitrogens with zero attached hydrogens (tertiary/aromatic N) is 3. The molecule has 0 bridgehead atoms. The van der Waals surface area contributed by atoms with Crippen molar-refractivity contribution in [2.45, 2.75) is 25.5 Å². The molecule has 0 radical (unpaired) electrons. The van der Waals surface area contributed by atoms with Gasteiger partial charge >= 0.3 is 0 Å². The highest BCUT2D eigenvalue weighted by Crippen LogP contribution is 2.13. The largest absolute Gasteiger partial charge is 0.368 e. The Morgan fingerprint density at radius 2 is 1.65 bits per heavy atom. The monoisotopic (exact) mass is 289 g/mol.